The molecule has 1 saturated heterocycles. The number of nitrogens with one attached hydrogen (secondary N) is 1. The van der Waals surface area contributed by atoms with Crippen LogP contribution in [0.25, 0.3) is 0 Å². The minimum absolute atomic E-state index is 0.256. The lowest BCUT2D eigenvalue weighted by Crippen LogP contribution is -2.43. The number of nitrogens with zero attached hydrogens (tertiary/aromatic N) is 1. The molecule has 19 heavy (non-hydrogen) atoms. The fourth-order valence-electron chi connectivity index (χ4n) is 2.52. The number of carbonyl (C=O) groups excluding carboxylic acids is 1. The Morgan fingerprint density at radius 2 is 2.00 bits per heavy atom. The van der Waals surface area contributed by atoms with E-state index in [1.54, 1.807) is 0 Å². The first-order valence-electron chi connectivity index (χ1n) is 7.17. The third kappa shape index (κ3) is 3.57. The number of hydrogen-bond donors (Lipinski definition) is 1. The quantitative estimate of drug-likeness (QED) is 0.845. The normalized spacial score (nSPS) is 15.9. The summed E-state index contributed by atoms with van der Waals surface area (Å²) in [6.07, 6.45) is 0.629. The fourth-order valence-corrected chi connectivity index (χ4v) is 2.52. The summed E-state index contributed by atoms with van der Waals surface area (Å²) in [4.78, 5) is 14.5. The first-order chi connectivity index (χ1) is 9.08. The minimum Gasteiger partial charge on any atom is -0.369 e. The van der Waals surface area contributed by atoms with Crippen LogP contribution in [-0.4, -0.2) is 32.0 Å². The van der Waals surface area contributed by atoms with Crippen LogP contribution in [0.1, 0.15) is 36.2 Å². The SMILES string of the molecule is Cc1ccc(C(=O)CC(C)C)cc1N1CCNCC1. The Balaban J connectivity index is 2.21. The molecule has 1 aromatic carbocycles. The van der Waals surface area contributed by atoms with Crippen molar-refractivity contribution in [3.8, 4) is 0 Å². The summed E-state index contributed by atoms with van der Waals surface area (Å²) in [6.45, 7) is 10.4. The van der Waals surface area contributed by atoms with Gasteiger partial charge in [0.05, 0.1) is 0 Å². The second kappa shape index (κ2) is 6.20. The van der Waals surface area contributed by atoms with E-state index in [1.807, 2.05) is 6.07 Å². The first kappa shape index (κ1) is 14.1. The summed E-state index contributed by atoms with van der Waals surface area (Å²) < 4.78 is 0. The van der Waals surface area contributed by atoms with Gasteiger partial charge in [0.15, 0.2) is 5.78 Å². The molecular weight excluding hydrogens is 236 g/mol. The molecule has 3 heteroatoms. The topological polar surface area (TPSA) is 32.3 Å². The number of hydrogen-bond acceptors (Lipinski definition) is 3. The third-order valence-electron chi connectivity index (χ3n) is 3.58. The Kier molecular flexibility index (Phi) is 4.59. The molecule has 0 aromatic heterocycles. The van der Waals surface area contributed by atoms with Crippen LogP contribution >= 0.6 is 0 Å². The van der Waals surface area contributed by atoms with E-state index in [9.17, 15) is 4.79 Å². The number of piperazine rings is 1. The molecule has 1 aliphatic heterocycles. The maximum Gasteiger partial charge on any atom is 0.163 e. The lowest BCUT2D eigenvalue weighted by Gasteiger charge is -2.31. The predicted molar refractivity (Wildman–Crippen MR) is 80.0 cm³/mol. The molecule has 3 nitrogen and oxygen atoms in total. The van der Waals surface area contributed by atoms with Gasteiger partial charge in [-0.1, -0.05) is 26.0 Å². The number of rotatable bonds is 4. The van der Waals surface area contributed by atoms with Crippen molar-refractivity contribution in [2.75, 3.05) is 31.1 Å². The summed E-state index contributed by atoms with van der Waals surface area (Å²) in [5, 5.41) is 3.36. The van der Waals surface area contributed by atoms with Crippen LogP contribution in [0, 0.1) is 12.8 Å². The van der Waals surface area contributed by atoms with Gasteiger partial charge in [0.25, 0.3) is 0 Å². The van der Waals surface area contributed by atoms with Crippen LogP contribution < -0.4 is 10.2 Å². The van der Waals surface area contributed by atoms with Crippen molar-refractivity contribution in [1.82, 2.24) is 5.32 Å². The molecule has 1 aromatic rings. The van der Waals surface area contributed by atoms with E-state index in [4.69, 9.17) is 0 Å². The molecule has 1 heterocycles. The number of benzene rings is 1. The van der Waals surface area contributed by atoms with Gasteiger partial charge in [-0.2, -0.15) is 0 Å². The molecular formula is C16H24N2O. The molecule has 0 bridgehead atoms. The lowest BCUT2D eigenvalue weighted by molar-refractivity contribution is 0.0968. The molecule has 104 valence electrons. The van der Waals surface area contributed by atoms with Crippen LogP contribution in [0.4, 0.5) is 5.69 Å². The van der Waals surface area contributed by atoms with Crippen molar-refractivity contribution >= 4 is 11.5 Å². The van der Waals surface area contributed by atoms with Gasteiger partial charge < -0.3 is 10.2 Å². The maximum atomic E-state index is 12.2. The molecule has 0 atom stereocenters. The Hall–Kier alpha value is -1.35. The Morgan fingerprint density at radius 3 is 2.63 bits per heavy atom. The van der Waals surface area contributed by atoms with E-state index in [2.05, 4.69) is 43.1 Å². The highest BCUT2D eigenvalue weighted by Gasteiger charge is 2.15. The highest BCUT2D eigenvalue weighted by molar-refractivity contribution is 5.97. The molecule has 2 rings (SSSR count). The van der Waals surface area contributed by atoms with Gasteiger partial charge in [0.1, 0.15) is 0 Å². The van der Waals surface area contributed by atoms with Crippen molar-refractivity contribution in [3.63, 3.8) is 0 Å². The fraction of sp³-hybridized carbons (Fsp3) is 0.562. The Labute approximate surface area is 116 Å². The van der Waals surface area contributed by atoms with E-state index >= 15 is 0 Å². The first-order valence-corrected chi connectivity index (χ1v) is 7.17. The second-order valence-electron chi connectivity index (χ2n) is 5.76. The van der Waals surface area contributed by atoms with Crippen molar-refractivity contribution in [1.29, 1.82) is 0 Å². The third-order valence-corrected chi connectivity index (χ3v) is 3.58. The van der Waals surface area contributed by atoms with Crippen LogP contribution in [0.3, 0.4) is 0 Å². The van der Waals surface area contributed by atoms with Gasteiger partial charge in [0.2, 0.25) is 0 Å². The van der Waals surface area contributed by atoms with Crippen LogP contribution in [0.2, 0.25) is 0 Å². The maximum absolute atomic E-state index is 12.2. The highest BCUT2D eigenvalue weighted by Crippen LogP contribution is 2.23. The van der Waals surface area contributed by atoms with Crippen LogP contribution in [0.5, 0.6) is 0 Å². The van der Waals surface area contributed by atoms with Gasteiger partial charge in [0, 0.05) is 43.9 Å². The molecule has 0 aliphatic carbocycles. The molecule has 0 saturated carbocycles. The van der Waals surface area contributed by atoms with E-state index in [0.29, 0.717) is 12.3 Å². The molecule has 1 N–H and O–H groups in total. The second-order valence-corrected chi connectivity index (χ2v) is 5.76. The number of carbonyl (C=O) groups is 1. The summed E-state index contributed by atoms with van der Waals surface area (Å²) in [5.41, 5.74) is 3.33. The van der Waals surface area contributed by atoms with Crippen LogP contribution in [0.15, 0.2) is 18.2 Å². The smallest absolute Gasteiger partial charge is 0.163 e. The minimum atomic E-state index is 0.256. The number of ketones is 1. The zero-order valence-corrected chi connectivity index (χ0v) is 12.2. The van der Waals surface area contributed by atoms with Crippen LogP contribution in [-0.2, 0) is 0 Å². The van der Waals surface area contributed by atoms with Gasteiger partial charge >= 0.3 is 0 Å². The summed E-state index contributed by atoms with van der Waals surface area (Å²) >= 11 is 0. The van der Waals surface area contributed by atoms with Gasteiger partial charge in [-0.05, 0) is 24.5 Å². The van der Waals surface area contributed by atoms with E-state index in [1.165, 1.54) is 11.3 Å². The molecule has 1 fully saturated rings. The van der Waals surface area contributed by atoms with E-state index in [0.717, 1.165) is 31.7 Å². The monoisotopic (exact) mass is 260 g/mol. The molecule has 0 unspecified atom stereocenters. The summed E-state index contributed by atoms with van der Waals surface area (Å²) in [6, 6.07) is 6.11. The van der Waals surface area contributed by atoms with Crippen molar-refractivity contribution in [3.05, 3.63) is 29.3 Å². The Bertz CT molecular complexity index is 448. The largest absolute Gasteiger partial charge is 0.369 e. The van der Waals surface area contributed by atoms with Crippen molar-refractivity contribution in [2.24, 2.45) is 5.92 Å². The number of Topliss-reactive ketones (excluding diaryl/α,β-unsaturated/α-hetero) is 1. The highest BCUT2D eigenvalue weighted by atomic mass is 16.1. The number of anilines is 1. The molecule has 0 amide bonds. The average Bonchev–Trinajstić information content (AvgIpc) is 2.39. The van der Waals surface area contributed by atoms with Crippen molar-refractivity contribution < 1.29 is 4.79 Å². The predicted octanol–water partition coefficient (Wildman–Crippen LogP) is 2.63. The van der Waals surface area contributed by atoms with Gasteiger partial charge in [-0.15, -0.1) is 0 Å². The van der Waals surface area contributed by atoms with E-state index < -0.39 is 0 Å². The lowest BCUT2D eigenvalue weighted by atomic mass is 9.99. The summed E-state index contributed by atoms with van der Waals surface area (Å²) in [5.74, 6) is 0.669. The standard InChI is InChI=1S/C16H24N2O/c1-12(2)10-16(19)14-5-4-13(3)15(11-14)18-8-6-17-7-9-18/h4-5,11-12,17H,6-10H2,1-3H3. The Morgan fingerprint density at radius 1 is 1.32 bits per heavy atom. The van der Waals surface area contributed by atoms with Crippen molar-refractivity contribution in [2.45, 2.75) is 27.2 Å². The van der Waals surface area contributed by atoms with E-state index in [-0.39, 0.29) is 5.78 Å². The zero-order chi connectivity index (χ0) is 13.8. The average molecular weight is 260 g/mol. The molecule has 1 aliphatic rings. The number of aryl methyl sites for hydroxylation is 1. The summed E-state index contributed by atoms with van der Waals surface area (Å²) in [7, 11) is 0. The van der Waals surface area contributed by atoms with Gasteiger partial charge in [-0.25, -0.2) is 0 Å². The molecule has 0 radical (unpaired) electrons. The molecule has 0 spiro atoms. The van der Waals surface area contributed by atoms with Gasteiger partial charge in [-0.3, -0.25) is 4.79 Å². The zero-order valence-electron chi connectivity index (χ0n) is 12.2.